The predicted molar refractivity (Wildman–Crippen MR) is 127 cm³/mol. The summed E-state index contributed by atoms with van der Waals surface area (Å²) in [4.78, 5) is 40.7. The van der Waals surface area contributed by atoms with Gasteiger partial charge < -0.3 is 20.3 Å². The van der Waals surface area contributed by atoms with Gasteiger partial charge in [-0.25, -0.2) is 4.79 Å². The summed E-state index contributed by atoms with van der Waals surface area (Å²) in [6.45, 7) is 18.4. The number of rotatable bonds is 7. The highest BCUT2D eigenvalue weighted by Crippen LogP contribution is 2.33. The van der Waals surface area contributed by atoms with E-state index in [1.54, 1.807) is 25.7 Å². The lowest BCUT2D eigenvalue weighted by atomic mass is 9.90. The first-order valence-electron chi connectivity index (χ1n) is 11.1. The molecule has 1 unspecified atom stereocenters. The van der Waals surface area contributed by atoms with Gasteiger partial charge in [-0.05, 0) is 79.9 Å². The molecule has 7 heteroatoms. The van der Waals surface area contributed by atoms with Gasteiger partial charge in [-0.15, -0.1) is 0 Å². The fourth-order valence-electron chi connectivity index (χ4n) is 3.28. The molecule has 0 bridgehead atoms. The quantitative estimate of drug-likeness (QED) is 0.644. The van der Waals surface area contributed by atoms with E-state index in [4.69, 9.17) is 4.74 Å². The van der Waals surface area contributed by atoms with Crippen LogP contribution in [0.2, 0.25) is 0 Å². The number of hydrogen-bond donors (Lipinski definition) is 2. The average molecular weight is 448 g/mol. The zero-order valence-corrected chi connectivity index (χ0v) is 21.4. The van der Waals surface area contributed by atoms with Crippen LogP contribution in [0.15, 0.2) is 24.3 Å². The Kier molecular flexibility index (Phi) is 8.90. The number of hydrogen-bond acceptors (Lipinski definition) is 4. The van der Waals surface area contributed by atoms with Gasteiger partial charge in [0, 0.05) is 11.1 Å². The monoisotopic (exact) mass is 447 g/mol. The van der Waals surface area contributed by atoms with Gasteiger partial charge in [0.2, 0.25) is 11.8 Å². The Bertz CT molecular complexity index is 819. The highest BCUT2D eigenvalue weighted by atomic mass is 16.6. The van der Waals surface area contributed by atoms with Crippen LogP contribution >= 0.6 is 0 Å². The van der Waals surface area contributed by atoms with Crippen molar-refractivity contribution in [1.29, 1.82) is 0 Å². The summed E-state index contributed by atoms with van der Waals surface area (Å²) in [5.74, 6) is -0.626. The number of nitrogens with zero attached hydrogens (tertiary/aromatic N) is 1. The molecule has 32 heavy (non-hydrogen) atoms. The Labute approximate surface area is 193 Å². The van der Waals surface area contributed by atoms with Crippen molar-refractivity contribution in [1.82, 2.24) is 15.5 Å². The van der Waals surface area contributed by atoms with Gasteiger partial charge in [0.25, 0.3) is 0 Å². The number of carbonyl (C=O) groups excluding carboxylic acids is 3. The largest absolute Gasteiger partial charge is 0.444 e. The summed E-state index contributed by atoms with van der Waals surface area (Å²) >= 11 is 0. The molecule has 0 fully saturated rings. The highest BCUT2D eigenvalue weighted by Gasteiger charge is 2.41. The van der Waals surface area contributed by atoms with E-state index in [-0.39, 0.29) is 18.4 Å². The fraction of sp³-hybridized carbons (Fsp3) is 0.640. The third kappa shape index (κ3) is 8.17. The molecule has 0 saturated heterocycles. The normalized spacial score (nSPS) is 13.2. The standard InChI is InChI=1S/C25H41N3O4/c1-11-25(9,10)28(19(29)16-26-22(31)32-24(6,7)8)20(21(30)27-23(3,4)5)18-15-13-12-14-17(18)2/h12-15,20H,11,16H2,1-10H3,(H,26,31)(H,27,30). The van der Waals surface area contributed by atoms with Crippen molar-refractivity contribution in [3.8, 4) is 0 Å². The van der Waals surface area contributed by atoms with Crippen LogP contribution in [-0.2, 0) is 14.3 Å². The molecular formula is C25H41N3O4. The number of nitrogens with one attached hydrogen (secondary N) is 2. The van der Waals surface area contributed by atoms with Crippen molar-refractivity contribution in [2.75, 3.05) is 6.54 Å². The van der Waals surface area contributed by atoms with Gasteiger partial charge >= 0.3 is 6.09 Å². The SMILES string of the molecule is CCC(C)(C)N(C(=O)CNC(=O)OC(C)(C)C)C(C(=O)NC(C)(C)C)c1ccccc1C. The lowest BCUT2D eigenvalue weighted by Gasteiger charge is -2.44. The molecule has 180 valence electrons. The highest BCUT2D eigenvalue weighted by molar-refractivity contribution is 5.91. The maximum absolute atomic E-state index is 13.5. The number of amides is 3. The minimum absolute atomic E-state index is 0.265. The Morgan fingerprint density at radius 3 is 2.03 bits per heavy atom. The molecule has 1 rings (SSSR count). The average Bonchev–Trinajstić information content (AvgIpc) is 2.62. The summed E-state index contributed by atoms with van der Waals surface area (Å²) in [5.41, 5.74) is -0.133. The van der Waals surface area contributed by atoms with Crippen LogP contribution < -0.4 is 10.6 Å². The Balaban J connectivity index is 3.41. The lowest BCUT2D eigenvalue weighted by molar-refractivity contribution is -0.147. The summed E-state index contributed by atoms with van der Waals surface area (Å²) in [6.07, 6.45) is -0.0530. The van der Waals surface area contributed by atoms with Crippen molar-refractivity contribution in [3.63, 3.8) is 0 Å². The van der Waals surface area contributed by atoms with Gasteiger partial charge in [0.1, 0.15) is 18.2 Å². The van der Waals surface area contributed by atoms with Crippen LogP contribution in [0.3, 0.4) is 0 Å². The third-order valence-electron chi connectivity index (χ3n) is 5.06. The van der Waals surface area contributed by atoms with Gasteiger partial charge in [0.05, 0.1) is 0 Å². The first kappa shape index (κ1) is 27.5. The molecule has 0 aliphatic carbocycles. The molecule has 1 atom stereocenters. The number of aryl methyl sites for hydroxylation is 1. The van der Waals surface area contributed by atoms with E-state index in [1.165, 1.54) is 0 Å². The predicted octanol–water partition coefficient (Wildman–Crippen LogP) is 4.49. The van der Waals surface area contributed by atoms with E-state index < -0.39 is 28.8 Å². The summed E-state index contributed by atoms with van der Waals surface area (Å²) in [6, 6.07) is 6.71. The van der Waals surface area contributed by atoms with Gasteiger partial charge in [-0.1, -0.05) is 31.2 Å². The summed E-state index contributed by atoms with van der Waals surface area (Å²) in [7, 11) is 0. The van der Waals surface area contributed by atoms with E-state index in [9.17, 15) is 14.4 Å². The first-order chi connectivity index (χ1) is 14.5. The van der Waals surface area contributed by atoms with E-state index in [0.29, 0.717) is 6.42 Å². The van der Waals surface area contributed by atoms with Crippen LogP contribution in [-0.4, -0.2) is 46.0 Å². The zero-order chi connectivity index (χ0) is 24.9. The molecule has 0 aromatic heterocycles. The van der Waals surface area contributed by atoms with E-state index in [0.717, 1.165) is 11.1 Å². The minimum Gasteiger partial charge on any atom is -0.444 e. The van der Waals surface area contributed by atoms with E-state index >= 15 is 0 Å². The molecule has 3 amide bonds. The van der Waals surface area contributed by atoms with Crippen LogP contribution in [0.25, 0.3) is 0 Å². The second-order valence-corrected chi connectivity index (χ2v) is 10.8. The number of ether oxygens (including phenoxy) is 1. The van der Waals surface area contributed by atoms with E-state index in [1.807, 2.05) is 72.7 Å². The molecule has 2 N–H and O–H groups in total. The van der Waals surface area contributed by atoms with Crippen molar-refractivity contribution in [3.05, 3.63) is 35.4 Å². The molecule has 7 nitrogen and oxygen atoms in total. The molecule has 0 spiro atoms. The molecule has 0 radical (unpaired) electrons. The van der Waals surface area contributed by atoms with Gasteiger partial charge in [0.15, 0.2) is 0 Å². The molecule has 0 aliphatic rings. The molecule has 0 heterocycles. The number of alkyl carbamates (subject to hydrolysis) is 1. The van der Waals surface area contributed by atoms with Gasteiger partial charge in [-0.3, -0.25) is 9.59 Å². The van der Waals surface area contributed by atoms with Crippen LogP contribution in [0.4, 0.5) is 4.79 Å². The first-order valence-corrected chi connectivity index (χ1v) is 11.1. The molecule has 0 aliphatic heterocycles. The lowest BCUT2D eigenvalue weighted by Crippen LogP contribution is -2.57. The maximum Gasteiger partial charge on any atom is 0.408 e. The minimum atomic E-state index is -0.849. The fourth-order valence-corrected chi connectivity index (χ4v) is 3.28. The maximum atomic E-state index is 13.5. The van der Waals surface area contributed by atoms with Gasteiger partial charge in [-0.2, -0.15) is 0 Å². The number of carbonyl (C=O) groups is 3. The van der Waals surface area contributed by atoms with Crippen LogP contribution in [0.1, 0.15) is 85.9 Å². The molecule has 0 saturated carbocycles. The smallest absolute Gasteiger partial charge is 0.408 e. The topological polar surface area (TPSA) is 87.7 Å². The molecule has 1 aromatic rings. The van der Waals surface area contributed by atoms with Crippen molar-refractivity contribution in [2.24, 2.45) is 0 Å². The Morgan fingerprint density at radius 1 is 1.00 bits per heavy atom. The Hall–Kier alpha value is -2.57. The van der Waals surface area contributed by atoms with E-state index in [2.05, 4.69) is 10.6 Å². The zero-order valence-electron chi connectivity index (χ0n) is 21.4. The molecular weight excluding hydrogens is 406 g/mol. The third-order valence-corrected chi connectivity index (χ3v) is 5.06. The second-order valence-electron chi connectivity index (χ2n) is 10.8. The Morgan fingerprint density at radius 2 is 1.56 bits per heavy atom. The van der Waals surface area contributed by atoms with Crippen molar-refractivity contribution in [2.45, 2.75) is 98.4 Å². The van der Waals surface area contributed by atoms with Crippen LogP contribution in [0, 0.1) is 6.92 Å². The number of benzene rings is 1. The second kappa shape index (κ2) is 10.4. The van der Waals surface area contributed by atoms with Crippen LogP contribution in [0.5, 0.6) is 0 Å². The van der Waals surface area contributed by atoms with Crippen molar-refractivity contribution < 1.29 is 19.1 Å². The summed E-state index contributed by atoms with van der Waals surface area (Å²) < 4.78 is 5.26. The molecule has 1 aromatic carbocycles. The summed E-state index contributed by atoms with van der Waals surface area (Å²) in [5, 5.41) is 5.57. The van der Waals surface area contributed by atoms with Crippen molar-refractivity contribution >= 4 is 17.9 Å².